The average Bonchev–Trinajstić information content (AvgIpc) is 2.96. The molecule has 8 heteroatoms. The number of ether oxygens (including phenoxy) is 1. The molecular weight excluding hydrogens is 519 g/mol. The number of hydrogen-bond acceptors (Lipinski definition) is 6. The number of aliphatic hydroxyl groups is 1. The summed E-state index contributed by atoms with van der Waals surface area (Å²) in [6.07, 6.45) is -0.147. The van der Waals surface area contributed by atoms with E-state index in [1.165, 1.54) is 40.2 Å². The zero-order chi connectivity index (χ0) is 27.0. The van der Waals surface area contributed by atoms with Crippen LogP contribution in [-0.4, -0.2) is 45.0 Å². The molecule has 1 unspecified atom stereocenters. The van der Waals surface area contributed by atoms with Crippen molar-refractivity contribution in [2.75, 3.05) is 19.4 Å². The molecule has 0 bridgehead atoms. The van der Waals surface area contributed by atoms with E-state index in [2.05, 4.69) is 36.4 Å². The van der Waals surface area contributed by atoms with Gasteiger partial charge in [-0.05, 0) is 0 Å². The van der Waals surface area contributed by atoms with Crippen molar-refractivity contribution in [3.8, 4) is 0 Å². The molecule has 1 atom stereocenters. The Morgan fingerprint density at radius 3 is 1.63 bits per heavy atom. The van der Waals surface area contributed by atoms with E-state index < -0.39 is 29.5 Å². The summed E-state index contributed by atoms with van der Waals surface area (Å²) < 4.78 is 36.8. The summed E-state index contributed by atoms with van der Waals surface area (Å²) in [7, 11) is -6.71. The maximum absolute atomic E-state index is 13.1. The second-order valence-corrected chi connectivity index (χ2v) is 14.6. The molecule has 0 aliphatic carbocycles. The van der Waals surface area contributed by atoms with Crippen LogP contribution in [0.15, 0.2) is 120 Å². The molecule has 0 saturated heterocycles. The third-order valence-corrected chi connectivity index (χ3v) is 12.7. The first-order valence-corrected chi connectivity index (χ1v) is 16.0. The van der Waals surface area contributed by atoms with Crippen molar-refractivity contribution in [2.45, 2.75) is 17.9 Å². The molecular formula is C30H31O6PS. The van der Waals surface area contributed by atoms with Gasteiger partial charge in [-0.1, -0.05) is 0 Å². The van der Waals surface area contributed by atoms with E-state index in [1.54, 1.807) is 6.92 Å². The number of hydrogen-bond donors (Lipinski definition) is 1. The molecule has 4 rings (SSSR count). The molecule has 0 saturated carbocycles. The van der Waals surface area contributed by atoms with Crippen LogP contribution < -0.4 is 15.9 Å². The third kappa shape index (κ3) is 6.20. The van der Waals surface area contributed by atoms with E-state index in [0.717, 1.165) is 0 Å². The topological polar surface area (TPSA) is 89.9 Å². The van der Waals surface area contributed by atoms with Crippen LogP contribution in [0.2, 0.25) is 0 Å². The molecule has 1 N–H and O–H groups in total. The van der Waals surface area contributed by atoms with Gasteiger partial charge in [0, 0.05) is 0 Å². The molecule has 0 radical (unpaired) electrons. The second kappa shape index (κ2) is 12.5. The van der Waals surface area contributed by atoms with Crippen molar-refractivity contribution in [1.29, 1.82) is 0 Å². The third-order valence-electron chi connectivity index (χ3n) is 6.46. The number of esters is 1. The van der Waals surface area contributed by atoms with Crippen LogP contribution in [0.5, 0.6) is 0 Å². The summed E-state index contributed by atoms with van der Waals surface area (Å²) in [5, 5.41) is 12.6. The van der Waals surface area contributed by atoms with Crippen molar-refractivity contribution >= 4 is 39.3 Å². The van der Waals surface area contributed by atoms with Gasteiger partial charge in [-0.25, -0.2) is 0 Å². The first kappa shape index (κ1) is 27.7. The van der Waals surface area contributed by atoms with Gasteiger partial charge in [-0.15, -0.1) is 0 Å². The van der Waals surface area contributed by atoms with E-state index in [-0.39, 0.29) is 23.7 Å². The Balaban J connectivity index is 1.61. The number of rotatable bonds is 11. The average molecular weight is 551 g/mol. The fourth-order valence-corrected chi connectivity index (χ4v) is 10.1. The van der Waals surface area contributed by atoms with Crippen molar-refractivity contribution in [2.24, 2.45) is 0 Å². The summed E-state index contributed by atoms with van der Waals surface area (Å²) >= 11 is 0. The van der Waals surface area contributed by atoms with Crippen molar-refractivity contribution in [3.63, 3.8) is 0 Å². The molecule has 4 aromatic rings. The maximum atomic E-state index is 13.1. The summed E-state index contributed by atoms with van der Waals surface area (Å²) in [5.74, 6) is -0.638. The number of carbonyl (C=O) groups is 1. The number of benzene rings is 4. The van der Waals surface area contributed by atoms with E-state index in [1.807, 2.05) is 54.6 Å². The van der Waals surface area contributed by atoms with Crippen molar-refractivity contribution < 1.29 is 27.2 Å². The van der Waals surface area contributed by atoms with Gasteiger partial charge in [0.25, 0.3) is 0 Å². The molecule has 0 heterocycles. The molecule has 0 spiro atoms. The Kier molecular flexibility index (Phi) is 9.08. The Hall–Kier alpha value is -3.35. The second-order valence-electron chi connectivity index (χ2n) is 8.95. The zero-order valence-corrected chi connectivity index (χ0v) is 22.9. The summed E-state index contributed by atoms with van der Waals surface area (Å²) in [5.41, 5.74) is 0.188. The van der Waals surface area contributed by atoms with Gasteiger partial charge in [0.05, 0.1) is 0 Å². The molecule has 6 nitrogen and oxygen atoms in total. The van der Waals surface area contributed by atoms with Gasteiger partial charge in [-0.2, -0.15) is 0 Å². The molecule has 198 valence electrons. The van der Waals surface area contributed by atoms with Gasteiger partial charge in [-0.3, -0.25) is 0 Å². The van der Waals surface area contributed by atoms with Crippen LogP contribution in [0.1, 0.15) is 17.3 Å². The summed E-state index contributed by atoms with van der Waals surface area (Å²) in [4.78, 5) is 12.1. The van der Waals surface area contributed by atoms with Crippen LogP contribution in [0.25, 0.3) is 0 Å². The Morgan fingerprint density at radius 1 is 0.763 bits per heavy atom. The monoisotopic (exact) mass is 550 g/mol. The molecule has 0 fully saturated rings. The first-order valence-electron chi connectivity index (χ1n) is 12.3. The van der Waals surface area contributed by atoms with Gasteiger partial charge < -0.3 is 5.11 Å². The summed E-state index contributed by atoms with van der Waals surface area (Å²) in [6.45, 7) is 1.26. The van der Waals surface area contributed by atoms with Crippen molar-refractivity contribution in [1.82, 2.24) is 0 Å². The normalized spacial score (nSPS) is 13.0. The van der Waals surface area contributed by atoms with E-state index >= 15 is 0 Å². The van der Waals surface area contributed by atoms with Crippen LogP contribution in [-0.2, 0) is 19.0 Å². The van der Waals surface area contributed by atoms with Gasteiger partial charge in [0.15, 0.2) is 0 Å². The van der Waals surface area contributed by atoms with Crippen LogP contribution in [0.4, 0.5) is 0 Å². The number of aliphatic hydroxyl groups excluding tert-OH is 1. The van der Waals surface area contributed by atoms with E-state index in [0.29, 0.717) is 6.16 Å². The molecule has 0 amide bonds. The fraction of sp³-hybridized carbons (Fsp3) is 0.167. The Morgan fingerprint density at radius 2 is 1.21 bits per heavy atom. The minimum atomic E-state index is -4.07. The van der Waals surface area contributed by atoms with E-state index in [9.17, 15) is 13.2 Å². The predicted molar refractivity (Wildman–Crippen MR) is 153 cm³/mol. The van der Waals surface area contributed by atoms with Gasteiger partial charge >= 0.3 is 220 Å². The minimum absolute atomic E-state index is 0.00888. The molecule has 38 heavy (non-hydrogen) atoms. The quantitative estimate of drug-likeness (QED) is 0.174. The first-order chi connectivity index (χ1) is 18.4. The molecule has 0 aliphatic rings. The SMILES string of the molecule is CC(CO)OC(=O)c1ccc(S(=O)(=O)OCC[PH](c2ccccc2)(c2ccccc2)c2ccccc2)cc1. The van der Waals surface area contributed by atoms with E-state index in [4.69, 9.17) is 14.0 Å². The van der Waals surface area contributed by atoms with Gasteiger partial charge in [0.1, 0.15) is 0 Å². The molecule has 0 aromatic heterocycles. The standard InChI is InChI=1S/C30H31O6PS/c1-24(23-31)36-30(32)25-17-19-29(20-18-25)38(33,34)35-21-22-37(26-11-5-2-6-12-26,27-13-7-3-8-14-27)28-15-9-4-10-16-28/h2-20,24,31,37H,21-23H2,1H3. The molecule has 4 aromatic carbocycles. The Bertz CT molecular complexity index is 1330. The zero-order valence-electron chi connectivity index (χ0n) is 21.1. The van der Waals surface area contributed by atoms with Crippen LogP contribution in [0.3, 0.4) is 0 Å². The fourth-order valence-electron chi connectivity index (χ4n) is 4.52. The Labute approximate surface area is 224 Å². The van der Waals surface area contributed by atoms with Crippen LogP contribution in [0, 0.1) is 0 Å². The van der Waals surface area contributed by atoms with Gasteiger partial charge in [0.2, 0.25) is 0 Å². The number of carbonyl (C=O) groups excluding carboxylic acids is 1. The summed E-state index contributed by atoms with van der Waals surface area (Å²) in [6, 6.07) is 36.0. The predicted octanol–water partition coefficient (Wildman–Crippen LogP) is 3.66. The molecule has 0 aliphatic heterocycles. The van der Waals surface area contributed by atoms with Crippen LogP contribution >= 0.6 is 7.26 Å². The van der Waals surface area contributed by atoms with Crippen molar-refractivity contribution in [3.05, 3.63) is 121 Å².